The van der Waals surface area contributed by atoms with E-state index in [1.54, 1.807) is 0 Å². The van der Waals surface area contributed by atoms with E-state index in [4.69, 9.17) is 4.74 Å². The van der Waals surface area contributed by atoms with Crippen LogP contribution in [0.4, 0.5) is 0 Å². The number of hydrogen-bond donors (Lipinski definition) is 1. The largest absolute Gasteiger partial charge is 0.381 e. The van der Waals surface area contributed by atoms with E-state index in [1.165, 1.54) is 24.3 Å². The van der Waals surface area contributed by atoms with Crippen LogP contribution in [0.15, 0.2) is 0 Å². The quantitative estimate of drug-likeness (QED) is 0.745. The van der Waals surface area contributed by atoms with Gasteiger partial charge in [-0.2, -0.15) is 11.8 Å². The molecule has 0 aromatic heterocycles. The van der Waals surface area contributed by atoms with Gasteiger partial charge >= 0.3 is 0 Å². The summed E-state index contributed by atoms with van der Waals surface area (Å²) in [6.45, 7) is 9.78. The molecule has 0 bridgehead atoms. The van der Waals surface area contributed by atoms with Crippen LogP contribution in [0.2, 0.25) is 0 Å². The number of hydrogen-bond acceptors (Lipinski definition) is 3. The van der Waals surface area contributed by atoms with Gasteiger partial charge in [0, 0.05) is 18.4 Å². The fourth-order valence-corrected chi connectivity index (χ4v) is 3.39. The van der Waals surface area contributed by atoms with Gasteiger partial charge in [-0.3, -0.25) is 0 Å². The molecule has 1 N–H and O–H groups in total. The average molecular weight is 245 g/mol. The fourth-order valence-electron chi connectivity index (χ4n) is 2.14. The smallest absolute Gasteiger partial charge is 0.0509 e. The molecule has 0 aromatic carbocycles. The standard InChI is InChI=1S/C13H27NOS/c1-4-14-13(10-16-9-11(2)3)12-6-5-7-15-8-12/h11-14H,4-10H2,1-3H3. The molecule has 16 heavy (non-hydrogen) atoms. The monoisotopic (exact) mass is 245 g/mol. The van der Waals surface area contributed by atoms with E-state index in [-0.39, 0.29) is 0 Å². The third-order valence-corrected chi connectivity index (χ3v) is 4.48. The molecule has 1 heterocycles. The van der Waals surface area contributed by atoms with Crippen molar-refractivity contribution in [1.29, 1.82) is 0 Å². The van der Waals surface area contributed by atoms with E-state index < -0.39 is 0 Å². The Morgan fingerprint density at radius 1 is 1.38 bits per heavy atom. The molecule has 2 atom stereocenters. The minimum atomic E-state index is 0.647. The van der Waals surface area contributed by atoms with E-state index in [1.807, 2.05) is 0 Å². The molecule has 0 aromatic rings. The summed E-state index contributed by atoms with van der Waals surface area (Å²) < 4.78 is 5.59. The van der Waals surface area contributed by atoms with Crippen molar-refractivity contribution >= 4 is 11.8 Å². The lowest BCUT2D eigenvalue weighted by Crippen LogP contribution is -2.42. The molecule has 1 aliphatic heterocycles. The number of ether oxygens (including phenoxy) is 1. The van der Waals surface area contributed by atoms with Crippen LogP contribution in [-0.2, 0) is 4.74 Å². The molecule has 1 saturated heterocycles. The van der Waals surface area contributed by atoms with Crippen LogP contribution >= 0.6 is 11.8 Å². The Morgan fingerprint density at radius 2 is 2.19 bits per heavy atom. The van der Waals surface area contributed by atoms with Crippen LogP contribution in [0.3, 0.4) is 0 Å². The summed E-state index contributed by atoms with van der Waals surface area (Å²) in [5.41, 5.74) is 0. The molecule has 0 radical (unpaired) electrons. The zero-order chi connectivity index (χ0) is 11.8. The predicted molar refractivity (Wildman–Crippen MR) is 73.2 cm³/mol. The first-order chi connectivity index (χ1) is 7.74. The van der Waals surface area contributed by atoms with Gasteiger partial charge in [-0.15, -0.1) is 0 Å². The molecule has 0 spiro atoms. The SMILES string of the molecule is CCNC(CSCC(C)C)C1CCCOC1. The van der Waals surface area contributed by atoms with Crippen molar-refractivity contribution in [1.82, 2.24) is 5.32 Å². The average Bonchev–Trinajstić information content (AvgIpc) is 2.29. The van der Waals surface area contributed by atoms with Crippen LogP contribution in [0.1, 0.15) is 33.6 Å². The first kappa shape index (κ1) is 14.3. The van der Waals surface area contributed by atoms with Gasteiger partial charge in [-0.05, 0) is 37.0 Å². The van der Waals surface area contributed by atoms with Crippen LogP contribution in [0.25, 0.3) is 0 Å². The Labute approximate surface area is 105 Å². The third-order valence-electron chi connectivity index (χ3n) is 2.98. The maximum atomic E-state index is 5.59. The van der Waals surface area contributed by atoms with Crippen molar-refractivity contribution in [3.05, 3.63) is 0 Å². The molecule has 1 rings (SSSR count). The molecule has 1 aliphatic rings. The maximum Gasteiger partial charge on any atom is 0.0509 e. The first-order valence-corrected chi connectivity index (χ1v) is 7.78. The van der Waals surface area contributed by atoms with E-state index in [0.29, 0.717) is 6.04 Å². The fraction of sp³-hybridized carbons (Fsp3) is 1.00. The summed E-state index contributed by atoms with van der Waals surface area (Å²) in [7, 11) is 0. The Kier molecular flexibility index (Phi) is 7.50. The van der Waals surface area contributed by atoms with Crippen LogP contribution in [-0.4, -0.2) is 37.3 Å². The van der Waals surface area contributed by atoms with Gasteiger partial charge in [0.2, 0.25) is 0 Å². The summed E-state index contributed by atoms with van der Waals surface area (Å²) in [6.07, 6.45) is 2.57. The zero-order valence-corrected chi connectivity index (χ0v) is 11.8. The lowest BCUT2D eigenvalue weighted by Gasteiger charge is -2.30. The summed E-state index contributed by atoms with van der Waals surface area (Å²) in [6, 6.07) is 0.647. The normalized spacial score (nSPS) is 23.6. The summed E-state index contributed by atoms with van der Waals surface area (Å²) in [5, 5.41) is 3.63. The van der Waals surface area contributed by atoms with Crippen molar-refractivity contribution in [3.8, 4) is 0 Å². The lowest BCUT2D eigenvalue weighted by molar-refractivity contribution is 0.0429. The van der Waals surface area contributed by atoms with E-state index in [9.17, 15) is 0 Å². The highest BCUT2D eigenvalue weighted by Crippen LogP contribution is 2.21. The molecule has 2 unspecified atom stereocenters. The second-order valence-corrected chi connectivity index (χ2v) is 6.15. The van der Waals surface area contributed by atoms with Gasteiger partial charge in [0.25, 0.3) is 0 Å². The number of nitrogens with one attached hydrogen (secondary N) is 1. The van der Waals surface area contributed by atoms with Crippen molar-refractivity contribution in [3.63, 3.8) is 0 Å². The molecule has 0 aliphatic carbocycles. The van der Waals surface area contributed by atoms with Gasteiger partial charge in [0.05, 0.1) is 6.61 Å². The number of rotatable bonds is 7. The van der Waals surface area contributed by atoms with Gasteiger partial charge in [-0.1, -0.05) is 20.8 Å². The van der Waals surface area contributed by atoms with Crippen molar-refractivity contribution < 1.29 is 4.74 Å². The first-order valence-electron chi connectivity index (χ1n) is 6.63. The highest BCUT2D eigenvalue weighted by atomic mass is 32.2. The van der Waals surface area contributed by atoms with Crippen molar-refractivity contribution in [2.24, 2.45) is 11.8 Å². The Hall–Kier alpha value is 0.270. The lowest BCUT2D eigenvalue weighted by atomic mass is 9.95. The second-order valence-electron chi connectivity index (χ2n) is 5.07. The van der Waals surface area contributed by atoms with Gasteiger partial charge in [0.15, 0.2) is 0 Å². The van der Waals surface area contributed by atoms with Crippen LogP contribution < -0.4 is 5.32 Å². The molecule has 96 valence electrons. The third kappa shape index (κ3) is 5.55. The predicted octanol–water partition coefficient (Wildman–Crippen LogP) is 2.78. The van der Waals surface area contributed by atoms with E-state index in [2.05, 4.69) is 37.8 Å². The number of thioether (sulfide) groups is 1. The van der Waals surface area contributed by atoms with Gasteiger partial charge in [-0.25, -0.2) is 0 Å². The Morgan fingerprint density at radius 3 is 2.75 bits per heavy atom. The van der Waals surface area contributed by atoms with Crippen LogP contribution in [0.5, 0.6) is 0 Å². The molecule has 0 saturated carbocycles. The minimum absolute atomic E-state index is 0.647. The highest BCUT2D eigenvalue weighted by Gasteiger charge is 2.23. The summed E-state index contributed by atoms with van der Waals surface area (Å²) in [4.78, 5) is 0. The molecular formula is C13H27NOS. The Balaban J connectivity index is 2.27. The topological polar surface area (TPSA) is 21.3 Å². The highest BCUT2D eigenvalue weighted by molar-refractivity contribution is 7.99. The van der Waals surface area contributed by atoms with E-state index >= 15 is 0 Å². The Bertz CT molecular complexity index is 169. The summed E-state index contributed by atoms with van der Waals surface area (Å²) >= 11 is 2.08. The zero-order valence-electron chi connectivity index (χ0n) is 11.0. The summed E-state index contributed by atoms with van der Waals surface area (Å²) in [5.74, 6) is 4.04. The molecular weight excluding hydrogens is 218 g/mol. The van der Waals surface area contributed by atoms with Crippen molar-refractivity contribution in [2.45, 2.75) is 39.7 Å². The molecule has 1 fully saturated rings. The van der Waals surface area contributed by atoms with Crippen LogP contribution in [0, 0.1) is 11.8 Å². The molecule has 0 amide bonds. The second kappa shape index (κ2) is 8.37. The molecule has 3 heteroatoms. The van der Waals surface area contributed by atoms with Crippen molar-refractivity contribution in [2.75, 3.05) is 31.3 Å². The van der Waals surface area contributed by atoms with E-state index in [0.717, 1.165) is 31.6 Å². The maximum absolute atomic E-state index is 5.59. The van der Waals surface area contributed by atoms with Gasteiger partial charge < -0.3 is 10.1 Å². The molecule has 2 nitrogen and oxygen atoms in total. The minimum Gasteiger partial charge on any atom is -0.381 e. The van der Waals surface area contributed by atoms with Gasteiger partial charge in [0.1, 0.15) is 0 Å².